The first kappa shape index (κ1) is 16.7. The van der Waals surface area contributed by atoms with Gasteiger partial charge in [-0.05, 0) is 26.7 Å². The van der Waals surface area contributed by atoms with Crippen LogP contribution in [0.1, 0.15) is 43.0 Å². The van der Waals surface area contributed by atoms with Crippen LogP contribution in [0.25, 0.3) is 0 Å². The van der Waals surface area contributed by atoms with E-state index in [0.29, 0.717) is 18.1 Å². The third-order valence-electron chi connectivity index (χ3n) is 3.64. The number of sulfone groups is 1. The molecule has 8 heteroatoms. The van der Waals surface area contributed by atoms with Gasteiger partial charge in [0.2, 0.25) is 0 Å². The second kappa shape index (κ2) is 6.60. The van der Waals surface area contributed by atoms with Gasteiger partial charge in [0, 0.05) is 18.2 Å². The van der Waals surface area contributed by atoms with Crippen LogP contribution >= 0.6 is 0 Å². The number of nitrogens with zero attached hydrogens (tertiary/aromatic N) is 2. The number of hydrogen-bond acceptors (Lipinski definition) is 6. The molecule has 1 fully saturated rings. The van der Waals surface area contributed by atoms with Crippen LogP contribution in [0.4, 0.5) is 5.82 Å². The van der Waals surface area contributed by atoms with Crippen molar-refractivity contribution >= 4 is 21.6 Å². The molecule has 2 rings (SSSR count). The molecule has 1 aromatic rings. The monoisotopic (exact) mass is 326 g/mol. The standard InChI is InChI=1S/C14H22N4O3S/c1-4-9(2)15-13-7-12(16-10(3)17-13)14(19)18-11-5-6-22(20,21)8-11/h7,9,11H,4-6,8H2,1-3H3,(H,18,19)(H,15,16,17). The Kier molecular flexibility index (Phi) is 5.00. The number of aromatic nitrogens is 2. The number of hydrogen-bond donors (Lipinski definition) is 2. The number of aryl methyl sites for hydroxylation is 1. The molecular formula is C14H22N4O3S. The quantitative estimate of drug-likeness (QED) is 0.834. The highest BCUT2D eigenvalue weighted by Gasteiger charge is 2.29. The molecule has 22 heavy (non-hydrogen) atoms. The van der Waals surface area contributed by atoms with Crippen molar-refractivity contribution in [3.63, 3.8) is 0 Å². The van der Waals surface area contributed by atoms with E-state index in [-0.39, 0.29) is 35.2 Å². The third-order valence-corrected chi connectivity index (χ3v) is 5.41. The topological polar surface area (TPSA) is 101 Å². The molecule has 1 saturated heterocycles. The molecule has 1 amide bonds. The summed E-state index contributed by atoms with van der Waals surface area (Å²) in [6.45, 7) is 5.80. The summed E-state index contributed by atoms with van der Waals surface area (Å²) in [6.07, 6.45) is 1.39. The predicted molar refractivity (Wildman–Crippen MR) is 84.7 cm³/mol. The lowest BCUT2D eigenvalue weighted by molar-refractivity contribution is 0.0935. The fraction of sp³-hybridized carbons (Fsp3) is 0.643. The molecule has 0 bridgehead atoms. The van der Waals surface area contributed by atoms with E-state index in [4.69, 9.17) is 0 Å². The Morgan fingerprint density at radius 2 is 2.18 bits per heavy atom. The van der Waals surface area contributed by atoms with Crippen LogP contribution in [0, 0.1) is 6.92 Å². The average Bonchev–Trinajstić information content (AvgIpc) is 2.77. The largest absolute Gasteiger partial charge is 0.368 e. The van der Waals surface area contributed by atoms with Crippen molar-refractivity contribution in [1.82, 2.24) is 15.3 Å². The summed E-state index contributed by atoms with van der Waals surface area (Å²) in [5.74, 6) is 0.867. The van der Waals surface area contributed by atoms with Gasteiger partial charge in [-0.15, -0.1) is 0 Å². The van der Waals surface area contributed by atoms with Crippen LogP contribution in [0.15, 0.2) is 6.07 Å². The molecule has 122 valence electrons. The first-order valence-electron chi connectivity index (χ1n) is 7.42. The number of amides is 1. The lowest BCUT2D eigenvalue weighted by atomic mass is 10.2. The number of nitrogens with one attached hydrogen (secondary N) is 2. The van der Waals surface area contributed by atoms with E-state index in [9.17, 15) is 13.2 Å². The minimum atomic E-state index is -3.02. The highest BCUT2D eigenvalue weighted by atomic mass is 32.2. The maximum absolute atomic E-state index is 12.2. The maximum atomic E-state index is 12.2. The second-order valence-electron chi connectivity index (χ2n) is 5.71. The summed E-state index contributed by atoms with van der Waals surface area (Å²) >= 11 is 0. The molecule has 2 N–H and O–H groups in total. The summed E-state index contributed by atoms with van der Waals surface area (Å²) in [7, 11) is -3.02. The SMILES string of the molecule is CCC(C)Nc1cc(C(=O)NC2CCS(=O)(=O)C2)nc(C)n1. The maximum Gasteiger partial charge on any atom is 0.270 e. The smallest absolute Gasteiger partial charge is 0.270 e. The van der Waals surface area contributed by atoms with Gasteiger partial charge in [-0.1, -0.05) is 6.92 Å². The third kappa shape index (κ3) is 4.40. The van der Waals surface area contributed by atoms with Crippen molar-refractivity contribution in [3.05, 3.63) is 17.6 Å². The van der Waals surface area contributed by atoms with E-state index < -0.39 is 9.84 Å². The van der Waals surface area contributed by atoms with Crippen molar-refractivity contribution in [1.29, 1.82) is 0 Å². The summed E-state index contributed by atoms with van der Waals surface area (Å²) in [5, 5.41) is 5.94. The van der Waals surface area contributed by atoms with Crippen molar-refractivity contribution in [2.24, 2.45) is 0 Å². The van der Waals surface area contributed by atoms with Gasteiger partial charge in [0.1, 0.15) is 17.3 Å². The van der Waals surface area contributed by atoms with Gasteiger partial charge in [0.05, 0.1) is 11.5 Å². The Morgan fingerprint density at radius 1 is 1.45 bits per heavy atom. The molecule has 0 saturated carbocycles. The molecule has 1 aromatic heterocycles. The minimum absolute atomic E-state index is 0.000775. The highest BCUT2D eigenvalue weighted by Crippen LogP contribution is 2.13. The minimum Gasteiger partial charge on any atom is -0.368 e. The van der Waals surface area contributed by atoms with Gasteiger partial charge in [-0.3, -0.25) is 4.79 Å². The Balaban J connectivity index is 2.09. The van der Waals surface area contributed by atoms with Crippen LogP contribution < -0.4 is 10.6 Å². The van der Waals surface area contributed by atoms with Gasteiger partial charge in [-0.2, -0.15) is 0 Å². The predicted octanol–water partition coefficient (Wildman–Crippen LogP) is 0.912. The lowest BCUT2D eigenvalue weighted by Crippen LogP contribution is -2.36. The molecule has 2 heterocycles. The van der Waals surface area contributed by atoms with E-state index in [0.717, 1.165) is 6.42 Å². The van der Waals surface area contributed by atoms with Crippen LogP contribution in [-0.2, 0) is 9.84 Å². The van der Waals surface area contributed by atoms with Crippen molar-refractivity contribution in [3.8, 4) is 0 Å². The van der Waals surface area contributed by atoms with E-state index >= 15 is 0 Å². The summed E-state index contributed by atoms with van der Waals surface area (Å²) in [5.41, 5.74) is 0.252. The summed E-state index contributed by atoms with van der Waals surface area (Å²) in [6, 6.07) is 1.50. The van der Waals surface area contributed by atoms with Crippen molar-refractivity contribution in [2.75, 3.05) is 16.8 Å². The van der Waals surface area contributed by atoms with Crippen molar-refractivity contribution in [2.45, 2.75) is 45.7 Å². The van der Waals surface area contributed by atoms with Gasteiger partial charge < -0.3 is 10.6 Å². The zero-order valence-corrected chi connectivity index (χ0v) is 13.9. The Morgan fingerprint density at radius 3 is 2.77 bits per heavy atom. The number of rotatable bonds is 5. The van der Waals surface area contributed by atoms with E-state index in [1.165, 1.54) is 0 Å². The molecule has 7 nitrogen and oxygen atoms in total. The number of carbonyl (C=O) groups is 1. The van der Waals surface area contributed by atoms with Crippen LogP contribution in [0.2, 0.25) is 0 Å². The van der Waals surface area contributed by atoms with Gasteiger partial charge in [0.25, 0.3) is 5.91 Å². The fourth-order valence-electron chi connectivity index (χ4n) is 2.28. The first-order valence-corrected chi connectivity index (χ1v) is 9.24. The number of anilines is 1. The molecular weight excluding hydrogens is 304 g/mol. The Bertz CT molecular complexity index is 660. The molecule has 2 atom stereocenters. The normalized spacial score (nSPS) is 21.3. The van der Waals surface area contributed by atoms with Gasteiger partial charge >= 0.3 is 0 Å². The second-order valence-corrected chi connectivity index (χ2v) is 7.94. The average molecular weight is 326 g/mol. The van der Waals surface area contributed by atoms with Gasteiger partial charge in [0.15, 0.2) is 9.84 Å². The fourth-order valence-corrected chi connectivity index (χ4v) is 3.95. The van der Waals surface area contributed by atoms with Crippen molar-refractivity contribution < 1.29 is 13.2 Å². The molecule has 2 unspecified atom stereocenters. The van der Waals surface area contributed by atoms with E-state index in [2.05, 4.69) is 27.5 Å². The first-order chi connectivity index (χ1) is 10.3. The van der Waals surface area contributed by atoms with Gasteiger partial charge in [-0.25, -0.2) is 18.4 Å². The van der Waals surface area contributed by atoms with E-state index in [1.807, 2.05) is 6.92 Å². The van der Waals surface area contributed by atoms with Crippen LogP contribution in [0.5, 0.6) is 0 Å². The highest BCUT2D eigenvalue weighted by molar-refractivity contribution is 7.91. The zero-order chi connectivity index (χ0) is 16.3. The Labute approximate surface area is 130 Å². The molecule has 0 aromatic carbocycles. The molecule has 1 aliphatic heterocycles. The lowest BCUT2D eigenvalue weighted by Gasteiger charge is -2.14. The molecule has 1 aliphatic rings. The summed E-state index contributed by atoms with van der Waals surface area (Å²) < 4.78 is 22.9. The number of carbonyl (C=O) groups excluding carboxylic acids is 1. The zero-order valence-electron chi connectivity index (χ0n) is 13.1. The molecule has 0 radical (unpaired) electrons. The molecule has 0 aliphatic carbocycles. The summed E-state index contributed by atoms with van der Waals surface area (Å²) in [4.78, 5) is 20.6. The van der Waals surface area contributed by atoms with Crippen LogP contribution in [-0.4, -0.2) is 47.9 Å². The van der Waals surface area contributed by atoms with Crippen LogP contribution in [0.3, 0.4) is 0 Å². The molecule has 0 spiro atoms. The Hall–Kier alpha value is -1.70. The van der Waals surface area contributed by atoms with E-state index in [1.54, 1.807) is 13.0 Å².